The fraction of sp³-hybridized carbons (Fsp3) is 0.333. The average molecular weight is 304 g/mol. The van der Waals surface area contributed by atoms with Crippen LogP contribution in [0.4, 0.5) is 16.6 Å². The van der Waals surface area contributed by atoms with Crippen LogP contribution in [0.15, 0.2) is 18.2 Å². The maximum Gasteiger partial charge on any atom is 0.269 e. The van der Waals surface area contributed by atoms with Gasteiger partial charge in [-0.15, -0.1) is 0 Å². The summed E-state index contributed by atoms with van der Waals surface area (Å²) in [5, 5.41) is 6.75. The summed E-state index contributed by atoms with van der Waals surface area (Å²) in [4.78, 5) is 17.0. The molecule has 0 aliphatic rings. The summed E-state index contributed by atoms with van der Waals surface area (Å²) in [6, 6.07) is 5.90. The van der Waals surface area contributed by atoms with Gasteiger partial charge in [-0.25, -0.2) is 4.98 Å². The molecule has 1 aromatic heterocycles. The predicted octanol–water partition coefficient (Wildman–Crippen LogP) is 3.42. The Hall–Kier alpha value is -2.08. The first-order chi connectivity index (χ1) is 10.0. The Balaban J connectivity index is 2.19. The Kier molecular flexibility index (Phi) is 4.80. The van der Waals surface area contributed by atoms with Crippen molar-refractivity contribution in [1.82, 2.24) is 4.98 Å². The SMILES string of the molecule is CCCNc1nc(N)c(C(=O)Nc2c(C)cccc2C)s1. The Bertz CT molecular complexity index is 631. The Morgan fingerprint density at radius 2 is 2.00 bits per heavy atom. The molecular weight excluding hydrogens is 284 g/mol. The fourth-order valence-corrected chi connectivity index (χ4v) is 2.79. The molecule has 4 N–H and O–H groups in total. The summed E-state index contributed by atoms with van der Waals surface area (Å²) in [6.45, 7) is 6.81. The lowest BCUT2D eigenvalue weighted by molar-refractivity contribution is 0.103. The molecule has 112 valence electrons. The molecule has 0 spiro atoms. The number of rotatable bonds is 5. The number of aromatic nitrogens is 1. The summed E-state index contributed by atoms with van der Waals surface area (Å²) >= 11 is 1.28. The molecule has 0 aliphatic heterocycles. The van der Waals surface area contributed by atoms with Gasteiger partial charge in [-0.3, -0.25) is 4.79 Å². The van der Waals surface area contributed by atoms with Gasteiger partial charge < -0.3 is 16.4 Å². The van der Waals surface area contributed by atoms with E-state index < -0.39 is 0 Å². The third-order valence-corrected chi connectivity index (χ3v) is 4.13. The Morgan fingerprint density at radius 1 is 1.33 bits per heavy atom. The molecule has 0 radical (unpaired) electrons. The number of hydrogen-bond donors (Lipinski definition) is 3. The van der Waals surface area contributed by atoms with Crippen molar-refractivity contribution >= 4 is 33.9 Å². The van der Waals surface area contributed by atoms with Gasteiger partial charge in [0.25, 0.3) is 5.91 Å². The highest BCUT2D eigenvalue weighted by molar-refractivity contribution is 7.18. The summed E-state index contributed by atoms with van der Waals surface area (Å²) in [5.74, 6) is 0.0503. The molecule has 6 heteroatoms. The van der Waals surface area contributed by atoms with Gasteiger partial charge in [-0.1, -0.05) is 36.5 Å². The van der Waals surface area contributed by atoms with Crippen molar-refractivity contribution in [2.45, 2.75) is 27.2 Å². The number of carbonyl (C=O) groups excluding carboxylic acids is 1. The average Bonchev–Trinajstić information content (AvgIpc) is 2.82. The lowest BCUT2D eigenvalue weighted by atomic mass is 10.1. The molecular formula is C15H20N4OS. The van der Waals surface area contributed by atoms with E-state index in [1.54, 1.807) is 0 Å². The van der Waals surface area contributed by atoms with Crippen LogP contribution >= 0.6 is 11.3 Å². The van der Waals surface area contributed by atoms with Crippen molar-refractivity contribution in [3.8, 4) is 0 Å². The molecule has 0 aliphatic carbocycles. The maximum atomic E-state index is 12.4. The van der Waals surface area contributed by atoms with Crippen molar-refractivity contribution in [3.05, 3.63) is 34.2 Å². The number of thiazole rings is 1. The first kappa shape index (κ1) is 15.3. The summed E-state index contributed by atoms with van der Waals surface area (Å²) < 4.78 is 0. The number of nitrogens with two attached hydrogens (primary N) is 1. The second-order valence-corrected chi connectivity index (χ2v) is 5.88. The Labute approximate surface area is 128 Å². The topological polar surface area (TPSA) is 80.0 Å². The van der Waals surface area contributed by atoms with Crippen molar-refractivity contribution in [3.63, 3.8) is 0 Å². The highest BCUT2D eigenvalue weighted by Gasteiger charge is 2.17. The summed E-state index contributed by atoms with van der Waals surface area (Å²) in [6.07, 6.45) is 0.990. The van der Waals surface area contributed by atoms with E-state index in [-0.39, 0.29) is 11.7 Å². The molecule has 0 atom stereocenters. The highest BCUT2D eigenvalue weighted by Crippen LogP contribution is 2.27. The molecule has 5 nitrogen and oxygen atoms in total. The van der Waals surface area contributed by atoms with Crippen LogP contribution in [-0.2, 0) is 0 Å². The molecule has 0 fully saturated rings. The minimum atomic E-state index is -0.216. The van der Waals surface area contributed by atoms with Crippen LogP contribution in [0, 0.1) is 13.8 Å². The predicted molar refractivity (Wildman–Crippen MR) is 89.2 cm³/mol. The number of anilines is 3. The van der Waals surface area contributed by atoms with Gasteiger partial charge in [0.1, 0.15) is 10.7 Å². The first-order valence-electron chi connectivity index (χ1n) is 6.90. The number of hydrogen-bond acceptors (Lipinski definition) is 5. The molecule has 2 aromatic rings. The number of carbonyl (C=O) groups is 1. The van der Waals surface area contributed by atoms with Gasteiger partial charge in [0.05, 0.1) is 0 Å². The lowest BCUT2D eigenvalue weighted by Crippen LogP contribution is -2.14. The monoisotopic (exact) mass is 304 g/mol. The standard InChI is InChI=1S/C15H20N4OS/c1-4-8-17-15-19-13(16)12(21-15)14(20)18-11-9(2)6-5-7-10(11)3/h5-7H,4,8,16H2,1-3H3,(H,17,19)(H,18,20). The van der Waals surface area contributed by atoms with E-state index in [1.165, 1.54) is 11.3 Å². The highest BCUT2D eigenvalue weighted by atomic mass is 32.1. The van der Waals surface area contributed by atoms with Gasteiger partial charge in [-0.2, -0.15) is 0 Å². The number of amides is 1. The number of aryl methyl sites for hydroxylation is 2. The smallest absolute Gasteiger partial charge is 0.269 e. The quantitative estimate of drug-likeness (QED) is 0.790. The molecule has 0 saturated heterocycles. The van der Waals surface area contributed by atoms with Gasteiger partial charge >= 0.3 is 0 Å². The third-order valence-electron chi connectivity index (χ3n) is 3.11. The number of nitrogens with zero attached hydrogens (tertiary/aromatic N) is 1. The summed E-state index contributed by atoms with van der Waals surface area (Å²) in [7, 11) is 0. The van der Waals surface area contributed by atoms with Crippen LogP contribution in [0.5, 0.6) is 0 Å². The van der Waals surface area contributed by atoms with Crippen LogP contribution in [0.25, 0.3) is 0 Å². The second-order valence-electron chi connectivity index (χ2n) is 4.88. The third kappa shape index (κ3) is 3.52. The van der Waals surface area contributed by atoms with E-state index in [4.69, 9.17) is 5.73 Å². The van der Waals surface area contributed by atoms with E-state index in [9.17, 15) is 4.79 Å². The van der Waals surface area contributed by atoms with Gasteiger partial charge in [0.15, 0.2) is 5.13 Å². The van der Waals surface area contributed by atoms with Crippen LogP contribution in [0.2, 0.25) is 0 Å². The van der Waals surface area contributed by atoms with E-state index >= 15 is 0 Å². The molecule has 1 aromatic carbocycles. The van der Waals surface area contributed by atoms with E-state index in [2.05, 4.69) is 22.5 Å². The van der Waals surface area contributed by atoms with Crippen LogP contribution < -0.4 is 16.4 Å². The molecule has 1 amide bonds. The Morgan fingerprint density at radius 3 is 2.62 bits per heavy atom. The van der Waals surface area contributed by atoms with Crippen LogP contribution in [0.1, 0.15) is 34.1 Å². The zero-order valence-electron chi connectivity index (χ0n) is 12.5. The molecule has 1 heterocycles. The fourth-order valence-electron chi connectivity index (χ4n) is 1.98. The lowest BCUT2D eigenvalue weighted by Gasteiger charge is -2.10. The number of para-hydroxylation sites is 1. The molecule has 0 unspecified atom stereocenters. The zero-order chi connectivity index (χ0) is 15.4. The van der Waals surface area contributed by atoms with Crippen molar-refractivity contribution in [2.24, 2.45) is 0 Å². The van der Waals surface area contributed by atoms with E-state index in [0.29, 0.717) is 10.0 Å². The van der Waals surface area contributed by atoms with Crippen molar-refractivity contribution in [1.29, 1.82) is 0 Å². The van der Waals surface area contributed by atoms with Crippen molar-refractivity contribution < 1.29 is 4.79 Å². The minimum absolute atomic E-state index is 0.216. The number of benzene rings is 1. The maximum absolute atomic E-state index is 12.4. The zero-order valence-corrected chi connectivity index (χ0v) is 13.3. The molecule has 0 bridgehead atoms. The largest absolute Gasteiger partial charge is 0.382 e. The second kappa shape index (κ2) is 6.58. The number of nitrogen functional groups attached to an aromatic ring is 1. The molecule has 0 saturated carbocycles. The van der Waals surface area contributed by atoms with E-state index in [1.807, 2.05) is 32.0 Å². The first-order valence-corrected chi connectivity index (χ1v) is 7.72. The molecule has 2 rings (SSSR count). The minimum Gasteiger partial charge on any atom is -0.382 e. The van der Waals surface area contributed by atoms with Crippen LogP contribution in [0.3, 0.4) is 0 Å². The molecule has 21 heavy (non-hydrogen) atoms. The van der Waals surface area contributed by atoms with Crippen molar-refractivity contribution in [2.75, 3.05) is 22.9 Å². The summed E-state index contributed by atoms with van der Waals surface area (Å²) in [5.41, 5.74) is 8.72. The van der Waals surface area contributed by atoms with Gasteiger partial charge in [-0.05, 0) is 31.4 Å². The van der Waals surface area contributed by atoms with E-state index in [0.717, 1.165) is 29.8 Å². The van der Waals surface area contributed by atoms with Gasteiger partial charge in [0, 0.05) is 12.2 Å². The van der Waals surface area contributed by atoms with Crippen LogP contribution in [-0.4, -0.2) is 17.4 Å². The number of nitrogens with one attached hydrogen (secondary N) is 2. The van der Waals surface area contributed by atoms with Gasteiger partial charge in [0.2, 0.25) is 0 Å². The normalized spacial score (nSPS) is 10.4.